The summed E-state index contributed by atoms with van der Waals surface area (Å²) in [5.74, 6) is 0.182. The van der Waals surface area contributed by atoms with Crippen molar-refractivity contribution in [3.05, 3.63) is 41.7 Å². The van der Waals surface area contributed by atoms with Gasteiger partial charge in [0.25, 0.3) is 0 Å². The summed E-state index contributed by atoms with van der Waals surface area (Å²) in [6.07, 6.45) is 1.51. The summed E-state index contributed by atoms with van der Waals surface area (Å²) < 4.78 is 14.0. The molecule has 0 aliphatic carbocycles. The fourth-order valence-electron chi connectivity index (χ4n) is 2.09. The number of hydrogen-bond donors (Lipinski definition) is 1. The number of nitrogens with one attached hydrogen (secondary N) is 1. The lowest BCUT2D eigenvalue weighted by Gasteiger charge is -2.22. The predicted molar refractivity (Wildman–Crippen MR) is 75.8 cm³/mol. The molecule has 0 saturated heterocycles. The summed E-state index contributed by atoms with van der Waals surface area (Å²) in [4.78, 5) is 17.0. The molecule has 0 fully saturated rings. The SMILES string of the molecule is CCN(c1ccccc1F)c1nc(Cl)nc2nc[nH]c12. The molecular weight excluding hydrogens is 281 g/mol. The highest BCUT2D eigenvalue weighted by Crippen LogP contribution is 2.30. The van der Waals surface area contributed by atoms with Crippen LogP contribution in [0.25, 0.3) is 11.2 Å². The maximum absolute atomic E-state index is 14.0. The third-order valence-corrected chi connectivity index (χ3v) is 3.12. The molecule has 0 aliphatic rings. The van der Waals surface area contributed by atoms with E-state index in [-0.39, 0.29) is 11.1 Å². The number of benzene rings is 1. The van der Waals surface area contributed by atoms with Crippen LogP contribution in [0.2, 0.25) is 5.28 Å². The predicted octanol–water partition coefficient (Wildman–Crippen LogP) is 3.30. The van der Waals surface area contributed by atoms with Crippen LogP contribution in [0.5, 0.6) is 0 Å². The molecule has 0 saturated carbocycles. The topological polar surface area (TPSA) is 57.7 Å². The monoisotopic (exact) mass is 291 g/mol. The molecule has 0 bridgehead atoms. The Balaban J connectivity index is 2.22. The van der Waals surface area contributed by atoms with Gasteiger partial charge in [-0.3, -0.25) is 0 Å². The molecule has 2 aromatic heterocycles. The zero-order valence-corrected chi connectivity index (χ0v) is 11.4. The standard InChI is InChI=1S/C13H11ClFN5/c1-2-20(9-6-4-3-5-8(9)15)12-10-11(17-7-16-10)18-13(14)19-12/h3-7H,2H2,1H3,(H,16,17,18,19). The van der Waals surface area contributed by atoms with E-state index >= 15 is 0 Å². The lowest BCUT2D eigenvalue weighted by molar-refractivity contribution is 0.625. The van der Waals surface area contributed by atoms with E-state index in [4.69, 9.17) is 11.6 Å². The van der Waals surface area contributed by atoms with Gasteiger partial charge in [0.1, 0.15) is 11.3 Å². The van der Waals surface area contributed by atoms with Gasteiger partial charge in [-0.1, -0.05) is 12.1 Å². The van der Waals surface area contributed by atoms with Gasteiger partial charge in [0.15, 0.2) is 11.5 Å². The first-order valence-corrected chi connectivity index (χ1v) is 6.47. The molecule has 3 rings (SSSR count). The minimum absolute atomic E-state index is 0.0781. The van der Waals surface area contributed by atoms with Crippen LogP contribution in [0.15, 0.2) is 30.6 Å². The zero-order chi connectivity index (χ0) is 14.1. The molecule has 1 N–H and O–H groups in total. The molecule has 7 heteroatoms. The second-order valence-electron chi connectivity index (χ2n) is 4.11. The molecule has 0 amide bonds. The normalized spacial score (nSPS) is 10.9. The molecule has 2 heterocycles. The van der Waals surface area contributed by atoms with E-state index < -0.39 is 0 Å². The van der Waals surface area contributed by atoms with Crippen LogP contribution in [0.4, 0.5) is 15.9 Å². The Labute approximate surface area is 119 Å². The van der Waals surface area contributed by atoms with Crippen molar-refractivity contribution in [2.75, 3.05) is 11.4 Å². The Morgan fingerprint density at radius 3 is 2.85 bits per heavy atom. The lowest BCUT2D eigenvalue weighted by atomic mass is 10.2. The highest BCUT2D eigenvalue weighted by Gasteiger charge is 2.18. The van der Waals surface area contributed by atoms with Crippen molar-refractivity contribution in [2.24, 2.45) is 0 Å². The number of fused-ring (bicyclic) bond motifs is 1. The molecular formula is C13H11ClFN5. The average molecular weight is 292 g/mol. The maximum atomic E-state index is 14.0. The van der Waals surface area contributed by atoms with Gasteiger partial charge in [-0.05, 0) is 30.7 Å². The van der Waals surface area contributed by atoms with Gasteiger partial charge in [0, 0.05) is 6.54 Å². The largest absolute Gasteiger partial charge is 0.340 e. The number of rotatable bonds is 3. The number of nitrogens with zero attached hydrogens (tertiary/aromatic N) is 4. The van der Waals surface area contributed by atoms with E-state index in [1.54, 1.807) is 23.1 Å². The smallest absolute Gasteiger partial charge is 0.226 e. The second kappa shape index (κ2) is 5.05. The minimum Gasteiger partial charge on any atom is -0.340 e. The van der Waals surface area contributed by atoms with Gasteiger partial charge >= 0.3 is 0 Å². The van der Waals surface area contributed by atoms with Gasteiger partial charge in [-0.25, -0.2) is 9.37 Å². The summed E-state index contributed by atoms with van der Waals surface area (Å²) in [6.45, 7) is 2.44. The molecule has 102 valence electrons. The first kappa shape index (κ1) is 12.8. The van der Waals surface area contributed by atoms with Gasteiger partial charge in [0.05, 0.1) is 12.0 Å². The number of H-pyrrole nitrogens is 1. The Morgan fingerprint density at radius 2 is 2.10 bits per heavy atom. The number of anilines is 2. The molecule has 3 aromatic rings. The number of aromatic nitrogens is 4. The number of halogens is 2. The summed E-state index contributed by atoms with van der Waals surface area (Å²) in [6, 6.07) is 6.52. The van der Waals surface area contributed by atoms with Crippen molar-refractivity contribution in [1.82, 2.24) is 19.9 Å². The van der Waals surface area contributed by atoms with E-state index in [2.05, 4.69) is 19.9 Å². The van der Waals surface area contributed by atoms with Gasteiger partial charge < -0.3 is 9.88 Å². The molecule has 0 spiro atoms. The number of hydrogen-bond acceptors (Lipinski definition) is 4. The number of aromatic amines is 1. The van der Waals surface area contributed by atoms with Crippen LogP contribution in [0, 0.1) is 5.82 Å². The van der Waals surface area contributed by atoms with E-state index in [0.29, 0.717) is 29.2 Å². The van der Waals surface area contributed by atoms with Crippen molar-refractivity contribution < 1.29 is 4.39 Å². The molecule has 20 heavy (non-hydrogen) atoms. The van der Waals surface area contributed by atoms with Crippen molar-refractivity contribution in [1.29, 1.82) is 0 Å². The molecule has 0 unspecified atom stereocenters. The fourth-order valence-corrected chi connectivity index (χ4v) is 2.25. The summed E-state index contributed by atoms with van der Waals surface area (Å²) in [7, 11) is 0. The van der Waals surface area contributed by atoms with E-state index in [1.165, 1.54) is 12.4 Å². The van der Waals surface area contributed by atoms with E-state index in [0.717, 1.165) is 0 Å². The molecule has 1 aromatic carbocycles. The van der Waals surface area contributed by atoms with Crippen LogP contribution >= 0.6 is 11.6 Å². The minimum atomic E-state index is -0.322. The molecule has 0 atom stereocenters. The number of para-hydroxylation sites is 1. The molecule has 5 nitrogen and oxygen atoms in total. The van der Waals surface area contributed by atoms with Gasteiger partial charge in [-0.15, -0.1) is 0 Å². The van der Waals surface area contributed by atoms with Crippen LogP contribution in [-0.4, -0.2) is 26.5 Å². The Hall–Kier alpha value is -2.21. The first-order chi connectivity index (χ1) is 9.70. The van der Waals surface area contributed by atoms with Crippen LogP contribution in [0.1, 0.15) is 6.92 Å². The average Bonchev–Trinajstić information content (AvgIpc) is 2.89. The third-order valence-electron chi connectivity index (χ3n) is 2.95. The van der Waals surface area contributed by atoms with E-state index in [9.17, 15) is 4.39 Å². The Morgan fingerprint density at radius 1 is 1.30 bits per heavy atom. The number of imidazole rings is 1. The summed E-state index contributed by atoms with van der Waals surface area (Å²) in [5.41, 5.74) is 1.51. The maximum Gasteiger partial charge on any atom is 0.226 e. The van der Waals surface area contributed by atoms with Crippen LogP contribution in [-0.2, 0) is 0 Å². The highest BCUT2D eigenvalue weighted by atomic mass is 35.5. The highest BCUT2D eigenvalue weighted by molar-refractivity contribution is 6.28. The van der Waals surface area contributed by atoms with Gasteiger partial charge in [0.2, 0.25) is 5.28 Å². The Bertz CT molecular complexity index is 757. The van der Waals surface area contributed by atoms with Crippen LogP contribution < -0.4 is 4.90 Å². The first-order valence-electron chi connectivity index (χ1n) is 6.09. The van der Waals surface area contributed by atoms with Crippen molar-refractivity contribution in [2.45, 2.75) is 6.92 Å². The third kappa shape index (κ3) is 2.08. The van der Waals surface area contributed by atoms with Crippen molar-refractivity contribution >= 4 is 34.3 Å². The van der Waals surface area contributed by atoms with Crippen molar-refractivity contribution in [3.8, 4) is 0 Å². The lowest BCUT2D eigenvalue weighted by Crippen LogP contribution is -2.19. The molecule has 0 radical (unpaired) electrons. The van der Waals surface area contributed by atoms with E-state index in [1.807, 2.05) is 6.92 Å². The summed E-state index contributed by atoms with van der Waals surface area (Å²) in [5, 5.41) is 0.0781. The fraction of sp³-hybridized carbons (Fsp3) is 0.154. The van der Waals surface area contributed by atoms with Gasteiger partial charge in [-0.2, -0.15) is 9.97 Å². The summed E-state index contributed by atoms with van der Waals surface area (Å²) >= 11 is 5.91. The van der Waals surface area contributed by atoms with Crippen LogP contribution in [0.3, 0.4) is 0 Å². The zero-order valence-electron chi connectivity index (χ0n) is 10.6. The Kier molecular flexibility index (Phi) is 3.23. The quantitative estimate of drug-likeness (QED) is 0.752. The second-order valence-corrected chi connectivity index (χ2v) is 4.45. The van der Waals surface area contributed by atoms with Crippen molar-refractivity contribution in [3.63, 3.8) is 0 Å². The molecule has 0 aliphatic heterocycles.